The first-order valence-electron chi connectivity index (χ1n) is 6.88. The Morgan fingerprint density at radius 1 is 1.25 bits per heavy atom. The minimum absolute atomic E-state index is 0.0766. The molecule has 0 aromatic heterocycles. The maximum atomic E-state index is 11.9. The number of hydrogen-bond acceptors (Lipinski definition) is 6. The van der Waals surface area contributed by atoms with Crippen molar-refractivity contribution in [3.05, 3.63) is 11.6 Å². The summed E-state index contributed by atoms with van der Waals surface area (Å²) >= 11 is 6.68. The zero-order chi connectivity index (χ0) is 18.5. The van der Waals surface area contributed by atoms with Crippen LogP contribution in [0.3, 0.4) is 0 Å². The van der Waals surface area contributed by atoms with Gasteiger partial charge in [0.15, 0.2) is 0 Å². The van der Waals surface area contributed by atoms with Crippen molar-refractivity contribution in [1.82, 2.24) is 10.6 Å². The third kappa shape index (κ3) is 10.9. The van der Waals surface area contributed by atoms with Gasteiger partial charge in [-0.3, -0.25) is 19.2 Å². The van der Waals surface area contributed by atoms with Gasteiger partial charge in [-0.2, -0.15) is 11.8 Å². The summed E-state index contributed by atoms with van der Waals surface area (Å²) in [6, 6.07) is -2.12. The highest BCUT2D eigenvalue weighted by Gasteiger charge is 2.22. The Hall–Kier alpha value is -1.78. The number of carbonyl (C=O) groups excluding carboxylic acids is 2. The molecule has 0 aliphatic carbocycles. The van der Waals surface area contributed by atoms with Gasteiger partial charge in [0.2, 0.25) is 11.8 Å². The van der Waals surface area contributed by atoms with Gasteiger partial charge in [0.25, 0.3) is 0 Å². The van der Waals surface area contributed by atoms with Crippen molar-refractivity contribution in [3.8, 4) is 0 Å². The van der Waals surface area contributed by atoms with E-state index in [-0.39, 0.29) is 18.6 Å². The number of nitrogens with one attached hydrogen (secondary N) is 2. The maximum Gasteiger partial charge on any atom is 0.322 e. The van der Waals surface area contributed by atoms with Crippen molar-refractivity contribution in [2.45, 2.75) is 24.9 Å². The fraction of sp³-hybridized carbons (Fsp3) is 0.538. The van der Waals surface area contributed by atoms with Crippen LogP contribution in [-0.4, -0.2) is 64.1 Å². The van der Waals surface area contributed by atoms with E-state index in [9.17, 15) is 19.2 Å². The van der Waals surface area contributed by atoms with E-state index in [1.54, 1.807) is 6.08 Å². The molecule has 136 valence electrons. The smallest absolute Gasteiger partial charge is 0.322 e. The molecular weight excluding hydrogens is 362 g/mol. The molecule has 24 heavy (non-hydrogen) atoms. The lowest BCUT2D eigenvalue weighted by Gasteiger charge is -2.18. The van der Waals surface area contributed by atoms with Gasteiger partial charge in [-0.25, -0.2) is 0 Å². The largest absolute Gasteiger partial charge is 0.480 e. The van der Waals surface area contributed by atoms with Gasteiger partial charge in [-0.05, 0) is 6.42 Å². The van der Waals surface area contributed by atoms with Crippen LogP contribution >= 0.6 is 23.4 Å². The second-order valence-corrected chi connectivity index (χ2v) is 5.94. The van der Waals surface area contributed by atoms with E-state index in [0.717, 1.165) is 0 Å². The summed E-state index contributed by atoms with van der Waals surface area (Å²) in [5.74, 6) is -2.91. The lowest BCUT2D eigenvalue weighted by Crippen LogP contribution is -2.49. The molecule has 0 saturated carbocycles. The standard InChI is InChI=1S/C13H20ClN3O6S/c14-4-1-5-24-7-9(12(21)16-6-11(19)20)17-10(18)3-2-8(15)13(22)23/h1,4,8-9H,2-3,5-7,15H2,(H,16,21)(H,17,18)(H,19,20)(H,22,23)/t8-,9-/m0/s1. The van der Waals surface area contributed by atoms with Crippen molar-refractivity contribution in [2.75, 3.05) is 18.1 Å². The van der Waals surface area contributed by atoms with E-state index in [1.807, 2.05) is 0 Å². The van der Waals surface area contributed by atoms with Crippen molar-refractivity contribution < 1.29 is 29.4 Å². The number of carboxylic acids is 2. The molecule has 2 atom stereocenters. The average molecular weight is 382 g/mol. The minimum Gasteiger partial charge on any atom is -0.480 e. The first-order valence-corrected chi connectivity index (χ1v) is 8.47. The molecule has 0 heterocycles. The lowest BCUT2D eigenvalue weighted by molar-refractivity contribution is -0.139. The number of carbonyl (C=O) groups is 4. The van der Waals surface area contributed by atoms with Gasteiger partial charge >= 0.3 is 11.9 Å². The molecule has 2 amide bonds. The normalized spacial score (nSPS) is 13.2. The van der Waals surface area contributed by atoms with Gasteiger partial charge in [0.05, 0.1) is 0 Å². The van der Waals surface area contributed by atoms with Crippen molar-refractivity contribution in [2.24, 2.45) is 5.73 Å². The van der Waals surface area contributed by atoms with Crippen LogP contribution in [0, 0.1) is 0 Å². The Morgan fingerprint density at radius 3 is 2.46 bits per heavy atom. The summed E-state index contributed by atoms with van der Waals surface area (Å²) in [5.41, 5.74) is 6.62. The predicted molar refractivity (Wildman–Crippen MR) is 89.7 cm³/mol. The molecule has 0 aliphatic heterocycles. The van der Waals surface area contributed by atoms with E-state index < -0.39 is 42.4 Å². The number of aliphatic carboxylic acids is 2. The summed E-state index contributed by atoms with van der Waals surface area (Å²) < 4.78 is 0. The van der Waals surface area contributed by atoms with Crippen molar-refractivity contribution in [1.29, 1.82) is 0 Å². The van der Waals surface area contributed by atoms with Gasteiger partial charge in [0, 0.05) is 23.5 Å². The van der Waals surface area contributed by atoms with Crippen LogP contribution in [0.4, 0.5) is 0 Å². The fourth-order valence-corrected chi connectivity index (χ4v) is 2.47. The molecule has 0 fully saturated rings. The molecule has 9 nitrogen and oxygen atoms in total. The van der Waals surface area contributed by atoms with Crippen molar-refractivity contribution in [3.63, 3.8) is 0 Å². The summed E-state index contributed by atoms with van der Waals surface area (Å²) in [6.45, 7) is -0.568. The molecular formula is C13H20ClN3O6S. The quantitative estimate of drug-likeness (QED) is 0.279. The number of carboxylic acid groups (broad SMARTS) is 2. The van der Waals surface area contributed by atoms with E-state index in [2.05, 4.69) is 10.6 Å². The van der Waals surface area contributed by atoms with Crippen LogP contribution in [0.1, 0.15) is 12.8 Å². The van der Waals surface area contributed by atoms with E-state index in [1.165, 1.54) is 17.3 Å². The van der Waals surface area contributed by atoms with Crippen LogP contribution < -0.4 is 16.4 Å². The molecule has 0 radical (unpaired) electrons. The second-order valence-electron chi connectivity index (χ2n) is 4.61. The van der Waals surface area contributed by atoms with E-state index in [0.29, 0.717) is 5.75 Å². The Morgan fingerprint density at radius 2 is 1.92 bits per heavy atom. The van der Waals surface area contributed by atoms with Crippen LogP contribution in [-0.2, 0) is 19.2 Å². The number of hydrogen-bond donors (Lipinski definition) is 5. The van der Waals surface area contributed by atoms with Gasteiger partial charge in [0.1, 0.15) is 18.6 Å². The van der Waals surface area contributed by atoms with Crippen LogP contribution in [0.2, 0.25) is 0 Å². The zero-order valence-corrected chi connectivity index (χ0v) is 14.3. The van der Waals surface area contributed by atoms with E-state index in [4.69, 9.17) is 27.5 Å². The molecule has 6 N–H and O–H groups in total. The first-order chi connectivity index (χ1) is 11.3. The summed E-state index contributed by atoms with van der Waals surface area (Å²) in [4.78, 5) is 44.8. The summed E-state index contributed by atoms with van der Waals surface area (Å²) in [7, 11) is 0. The minimum atomic E-state index is -1.22. The SMILES string of the molecule is N[C@@H](CCC(=O)N[C@@H](CSCC=CCl)C(=O)NCC(=O)O)C(=O)O. The zero-order valence-electron chi connectivity index (χ0n) is 12.7. The molecule has 0 aromatic rings. The predicted octanol–water partition coefficient (Wildman–Crippen LogP) is -0.650. The number of rotatable bonds is 12. The van der Waals surface area contributed by atoms with Crippen LogP contribution in [0.5, 0.6) is 0 Å². The molecule has 0 bridgehead atoms. The summed E-state index contributed by atoms with van der Waals surface area (Å²) in [5, 5.41) is 21.8. The molecule has 0 aromatic carbocycles. The highest BCUT2D eigenvalue weighted by atomic mass is 35.5. The Bertz CT molecular complexity index is 488. The Kier molecular flexibility index (Phi) is 11.7. The van der Waals surface area contributed by atoms with E-state index >= 15 is 0 Å². The molecule has 11 heteroatoms. The number of amides is 2. The third-order valence-corrected chi connectivity index (χ3v) is 3.83. The molecule has 0 aliphatic rings. The monoisotopic (exact) mass is 381 g/mol. The van der Waals surface area contributed by atoms with Gasteiger partial charge < -0.3 is 26.6 Å². The van der Waals surface area contributed by atoms with Gasteiger partial charge in [-0.15, -0.1) is 0 Å². The molecule has 0 rings (SSSR count). The highest BCUT2D eigenvalue weighted by Crippen LogP contribution is 2.05. The highest BCUT2D eigenvalue weighted by molar-refractivity contribution is 7.99. The molecule has 0 unspecified atom stereocenters. The third-order valence-electron chi connectivity index (χ3n) is 2.65. The fourth-order valence-electron chi connectivity index (χ4n) is 1.44. The summed E-state index contributed by atoms with van der Waals surface area (Å²) in [6.07, 6.45) is 1.40. The van der Waals surface area contributed by atoms with Crippen LogP contribution in [0.25, 0.3) is 0 Å². The average Bonchev–Trinajstić information content (AvgIpc) is 2.52. The molecule has 0 spiro atoms. The maximum absolute atomic E-state index is 11.9. The van der Waals surface area contributed by atoms with Gasteiger partial charge in [-0.1, -0.05) is 17.7 Å². The van der Waals surface area contributed by atoms with Crippen LogP contribution in [0.15, 0.2) is 11.6 Å². The second kappa shape index (κ2) is 12.6. The number of halogens is 1. The number of nitrogens with two attached hydrogens (primary N) is 1. The first kappa shape index (κ1) is 22.2. The van der Waals surface area contributed by atoms with Crippen molar-refractivity contribution >= 4 is 47.1 Å². The lowest BCUT2D eigenvalue weighted by atomic mass is 10.1. The molecule has 0 saturated heterocycles. The Balaban J connectivity index is 4.54. The Labute approximate surface area is 148 Å². The topological polar surface area (TPSA) is 159 Å². The number of thioether (sulfide) groups is 1.